The number of benzene rings is 1. The zero-order valence-electron chi connectivity index (χ0n) is 10.8. The Morgan fingerprint density at radius 1 is 1.58 bits per heavy atom. The largest absolute Gasteiger partial charge is 0.398 e. The third kappa shape index (κ3) is 3.51. The van der Waals surface area contributed by atoms with E-state index in [1.165, 1.54) is 18.2 Å². The molecule has 4 N–H and O–H groups in total. The van der Waals surface area contributed by atoms with Gasteiger partial charge in [-0.05, 0) is 23.3 Å². The topological polar surface area (TPSA) is 74.3 Å². The van der Waals surface area contributed by atoms with Crippen LogP contribution in [0.3, 0.4) is 0 Å². The van der Waals surface area contributed by atoms with Crippen LogP contribution in [0, 0.1) is 11.2 Å². The number of hydrogen-bond acceptors (Lipinski definition) is 2. The molecular weight excluding hydrogens is 243 g/mol. The molecule has 0 aromatic heterocycles. The molecule has 100 valence electrons. The Labute approximate surface area is 112 Å². The molecule has 4 nitrogen and oxygen atoms in total. The van der Waals surface area contributed by atoms with E-state index in [0.717, 1.165) is 6.34 Å². The van der Waals surface area contributed by atoms with Gasteiger partial charge in [0, 0.05) is 24.7 Å². The smallest absolute Gasteiger partial charge is 0.125 e. The van der Waals surface area contributed by atoms with Crippen LogP contribution in [0.1, 0.15) is 17.5 Å². The lowest BCUT2D eigenvalue weighted by Gasteiger charge is -2.14. The highest BCUT2D eigenvalue weighted by atomic mass is 19.1. The second-order valence-electron chi connectivity index (χ2n) is 3.90. The van der Waals surface area contributed by atoms with E-state index in [1.54, 1.807) is 7.05 Å². The zero-order valence-corrected chi connectivity index (χ0v) is 10.8. The van der Waals surface area contributed by atoms with Crippen LogP contribution in [0.15, 0.2) is 30.3 Å². The summed E-state index contributed by atoms with van der Waals surface area (Å²) in [5.41, 5.74) is 8.08. The summed E-state index contributed by atoms with van der Waals surface area (Å²) in [5.74, 6) is 0.171. The lowest BCUT2D eigenvalue weighted by Crippen LogP contribution is -2.19. The second-order valence-corrected chi connectivity index (χ2v) is 3.90. The molecule has 0 radical (unpaired) electrons. The number of halogens is 1. The molecule has 1 aromatic carbocycles. The Kier molecular flexibility index (Phi) is 5.00. The van der Waals surface area contributed by atoms with Gasteiger partial charge in [-0.15, -0.1) is 0 Å². The van der Waals surface area contributed by atoms with Crippen molar-refractivity contribution in [2.45, 2.75) is 6.42 Å². The monoisotopic (exact) mass is 260 g/mol. The van der Waals surface area contributed by atoms with Crippen LogP contribution in [-0.2, 0) is 0 Å². The van der Waals surface area contributed by atoms with E-state index in [1.807, 2.05) is 0 Å². The summed E-state index contributed by atoms with van der Waals surface area (Å²) in [6, 6.07) is 2.61. The maximum absolute atomic E-state index is 13.3. The fourth-order valence-electron chi connectivity index (χ4n) is 1.79. The number of nitrogen functional groups attached to an aromatic ring is 1. The van der Waals surface area contributed by atoms with Crippen molar-refractivity contribution in [1.29, 1.82) is 5.41 Å². The summed E-state index contributed by atoms with van der Waals surface area (Å²) in [4.78, 5) is 3.86. The van der Waals surface area contributed by atoms with Crippen LogP contribution in [0.4, 0.5) is 10.1 Å². The van der Waals surface area contributed by atoms with Crippen molar-refractivity contribution in [3.63, 3.8) is 0 Å². The van der Waals surface area contributed by atoms with Gasteiger partial charge < -0.3 is 11.1 Å². The maximum Gasteiger partial charge on any atom is 0.125 e. The van der Waals surface area contributed by atoms with E-state index in [4.69, 9.17) is 11.1 Å². The molecule has 0 aliphatic heterocycles. The first-order chi connectivity index (χ1) is 9.03. The summed E-state index contributed by atoms with van der Waals surface area (Å²) in [5, 5.41) is 9.83. The maximum atomic E-state index is 13.3. The van der Waals surface area contributed by atoms with Crippen molar-refractivity contribution in [3.05, 3.63) is 42.2 Å². The van der Waals surface area contributed by atoms with E-state index in [0.29, 0.717) is 34.6 Å². The molecule has 0 saturated carbocycles. The van der Waals surface area contributed by atoms with Crippen molar-refractivity contribution >= 4 is 29.5 Å². The number of nitrogens with zero attached hydrogens (tertiary/aromatic N) is 1. The van der Waals surface area contributed by atoms with Crippen LogP contribution in [0.5, 0.6) is 0 Å². The number of anilines is 1. The lowest BCUT2D eigenvalue weighted by molar-refractivity contribution is 0.628. The van der Waals surface area contributed by atoms with E-state index >= 15 is 0 Å². The quantitative estimate of drug-likeness (QED) is 0.432. The van der Waals surface area contributed by atoms with Gasteiger partial charge in [-0.3, -0.25) is 5.41 Å². The lowest BCUT2D eigenvalue weighted by atomic mass is 9.96. The van der Waals surface area contributed by atoms with Gasteiger partial charge in [0.1, 0.15) is 18.0 Å². The fraction of sp³-hybridized carbons (Fsp3) is 0.143. The zero-order chi connectivity index (χ0) is 14.4. The Balaban J connectivity index is 3.16. The van der Waals surface area contributed by atoms with Crippen LogP contribution in [0.25, 0.3) is 11.6 Å². The highest BCUT2D eigenvalue weighted by Crippen LogP contribution is 2.28. The number of rotatable bonds is 5. The summed E-state index contributed by atoms with van der Waals surface area (Å²) in [6.45, 7) is 7.59. The van der Waals surface area contributed by atoms with Gasteiger partial charge in [0.05, 0.1) is 0 Å². The van der Waals surface area contributed by atoms with Crippen molar-refractivity contribution in [2.75, 3.05) is 12.8 Å². The number of nitrogens with one attached hydrogen (secondary N) is 2. The normalized spacial score (nSPS) is 10.9. The molecule has 1 rings (SSSR count). The predicted molar refractivity (Wildman–Crippen MR) is 79.8 cm³/mol. The molecule has 0 bridgehead atoms. The third-order valence-electron chi connectivity index (χ3n) is 2.63. The van der Waals surface area contributed by atoms with Crippen LogP contribution < -0.4 is 11.1 Å². The molecule has 5 heteroatoms. The summed E-state index contributed by atoms with van der Waals surface area (Å²) in [6.07, 6.45) is 2.87. The molecule has 0 fully saturated rings. The molecule has 1 aromatic rings. The first kappa shape index (κ1) is 14.6. The molecular formula is C14H17FN4. The fourth-order valence-corrected chi connectivity index (χ4v) is 1.79. The van der Waals surface area contributed by atoms with Gasteiger partial charge in [-0.2, -0.15) is 0 Å². The molecule has 0 atom stereocenters. The molecule has 0 saturated heterocycles. The number of amidine groups is 1. The van der Waals surface area contributed by atoms with E-state index < -0.39 is 5.82 Å². The number of hydrogen-bond donors (Lipinski definition) is 3. The van der Waals surface area contributed by atoms with Gasteiger partial charge in [-0.25, -0.2) is 9.38 Å². The van der Waals surface area contributed by atoms with Crippen LogP contribution >= 0.6 is 0 Å². The van der Waals surface area contributed by atoms with Crippen molar-refractivity contribution < 1.29 is 4.39 Å². The predicted octanol–water partition coefficient (Wildman–Crippen LogP) is 2.68. The van der Waals surface area contributed by atoms with Gasteiger partial charge >= 0.3 is 0 Å². The number of aliphatic imine (C=N–C) groups is 1. The van der Waals surface area contributed by atoms with E-state index in [-0.39, 0.29) is 0 Å². The standard InChI is InChI=1S/C14H17FN4/c1-4-10-6-11(15)7-12(17)14(10)9(2)5-13(18-3)19-8-16/h4,6-8H,1-2,5,17H2,3H3,(H2,16,18,19). The summed E-state index contributed by atoms with van der Waals surface area (Å²) in [7, 11) is 1.71. The minimum Gasteiger partial charge on any atom is -0.398 e. The second kappa shape index (κ2) is 6.49. The Morgan fingerprint density at radius 3 is 2.79 bits per heavy atom. The minimum absolute atomic E-state index is 0.310. The summed E-state index contributed by atoms with van der Waals surface area (Å²) < 4.78 is 13.3. The first-order valence-electron chi connectivity index (χ1n) is 5.66. The van der Waals surface area contributed by atoms with E-state index in [9.17, 15) is 4.39 Å². The highest BCUT2D eigenvalue weighted by molar-refractivity contribution is 5.97. The van der Waals surface area contributed by atoms with E-state index in [2.05, 4.69) is 23.5 Å². The average Bonchev–Trinajstić information content (AvgIpc) is 2.36. The van der Waals surface area contributed by atoms with Gasteiger partial charge in [0.25, 0.3) is 0 Å². The molecule has 0 aliphatic carbocycles. The third-order valence-corrected chi connectivity index (χ3v) is 2.63. The Bertz CT molecular complexity index is 547. The Hall–Kier alpha value is -2.43. The average molecular weight is 260 g/mol. The minimum atomic E-state index is -0.411. The molecule has 0 spiro atoms. The van der Waals surface area contributed by atoms with Crippen LogP contribution in [0.2, 0.25) is 0 Å². The van der Waals surface area contributed by atoms with Gasteiger partial charge in [0.15, 0.2) is 0 Å². The molecule has 0 heterocycles. The highest BCUT2D eigenvalue weighted by Gasteiger charge is 2.12. The van der Waals surface area contributed by atoms with Crippen molar-refractivity contribution in [2.24, 2.45) is 4.99 Å². The molecule has 0 amide bonds. The van der Waals surface area contributed by atoms with Gasteiger partial charge in [0.2, 0.25) is 0 Å². The van der Waals surface area contributed by atoms with Crippen molar-refractivity contribution in [1.82, 2.24) is 5.32 Å². The Morgan fingerprint density at radius 2 is 2.26 bits per heavy atom. The van der Waals surface area contributed by atoms with Gasteiger partial charge in [-0.1, -0.05) is 19.2 Å². The van der Waals surface area contributed by atoms with Crippen molar-refractivity contribution in [3.8, 4) is 0 Å². The number of nitrogens with two attached hydrogens (primary N) is 1. The SMILES string of the molecule is C=Cc1cc(F)cc(N)c1C(=C)C/C(=N/C=N)NC. The molecule has 0 unspecified atom stereocenters. The molecule has 19 heavy (non-hydrogen) atoms. The molecule has 0 aliphatic rings. The van der Waals surface area contributed by atoms with Crippen LogP contribution in [-0.4, -0.2) is 19.2 Å². The first-order valence-corrected chi connectivity index (χ1v) is 5.66. The summed E-state index contributed by atoms with van der Waals surface area (Å²) >= 11 is 0.